The summed E-state index contributed by atoms with van der Waals surface area (Å²) < 4.78 is 13.6. The molecular weight excluding hydrogens is 252 g/mol. The second kappa shape index (κ2) is 9.03. The van der Waals surface area contributed by atoms with Crippen molar-refractivity contribution in [1.29, 1.82) is 0 Å². The monoisotopic (exact) mass is 275 g/mol. The molecule has 3 nitrogen and oxygen atoms in total. The highest BCUT2D eigenvalue weighted by Crippen LogP contribution is 2.22. The molecule has 108 valence electrons. The molecule has 1 unspecified atom stereocenters. The molecule has 0 aromatic heterocycles. The van der Waals surface area contributed by atoms with Crippen LogP contribution in [0, 0.1) is 11.8 Å². The molecule has 1 aromatic rings. The molecule has 0 saturated heterocycles. The van der Waals surface area contributed by atoms with Crippen molar-refractivity contribution < 1.29 is 16.0 Å². The lowest BCUT2D eigenvalue weighted by Crippen LogP contribution is -2.04. The van der Waals surface area contributed by atoms with Crippen LogP contribution in [0.5, 0.6) is 5.75 Å². The van der Waals surface area contributed by atoms with Crippen LogP contribution in [-0.2, 0) is 4.79 Å². The fraction of sp³-hybridized carbons (Fsp3) is 0.471. The highest BCUT2D eigenvalue weighted by Gasteiger charge is 2.12. The van der Waals surface area contributed by atoms with Gasteiger partial charge in [-0.3, -0.25) is 4.79 Å². The summed E-state index contributed by atoms with van der Waals surface area (Å²) in [5, 5.41) is 8.93. The van der Waals surface area contributed by atoms with E-state index in [2.05, 4.69) is 18.8 Å². The quantitative estimate of drug-likeness (QED) is 0.579. The van der Waals surface area contributed by atoms with E-state index in [-0.39, 0.29) is 12.5 Å². The molecule has 1 atom stereocenters. The first-order valence-corrected chi connectivity index (χ1v) is 6.95. The molecule has 0 bridgehead atoms. The largest absolute Gasteiger partial charge is 0.494 e. The van der Waals surface area contributed by atoms with Crippen LogP contribution in [0.2, 0.25) is 0 Å². The predicted molar refractivity (Wildman–Crippen MR) is 79.9 cm³/mol. The van der Waals surface area contributed by atoms with E-state index < -0.39 is 11.9 Å². The maximum atomic E-state index is 10.9. The number of aliphatic carboxylic acids is 1. The van der Waals surface area contributed by atoms with Crippen LogP contribution in [0.25, 0.3) is 0 Å². The zero-order valence-electron chi connectivity index (χ0n) is 13.1. The van der Waals surface area contributed by atoms with Gasteiger partial charge in [-0.25, -0.2) is 0 Å². The fourth-order valence-corrected chi connectivity index (χ4v) is 1.86. The minimum atomic E-state index is -0.915. The summed E-state index contributed by atoms with van der Waals surface area (Å²) in [6.45, 7) is 4.44. The van der Waals surface area contributed by atoms with Gasteiger partial charge in [-0.15, -0.1) is 5.92 Å². The third kappa shape index (κ3) is 5.79. The van der Waals surface area contributed by atoms with Crippen molar-refractivity contribution in [2.45, 2.75) is 45.4 Å². The standard InChI is InChI=1S/C17H22O3/c1-3-5-6-12-20-16-10-8-14(9-11-16)15(7-4-2)13-17(18)19/h8-11,15H,3,5-6,12-13H2,1-2H3,(H,18,19)/i8D. The molecule has 0 saturated carbocycles. The minimum absolute atomic E-state index is 0.0938. The van der Waals surface area contributed by atoms with E-state index in [1.807, 2.05) is 0 Å². The second-order valence-corrected chi connectivity index (χ2v) is 4.58. The lowest BCUT2D eigenvalue weighted by Gasteiger charge is -2.10. The van der Waals surface area contributed by atoms with E-state index in [9.17, 15) is 4.79 Å². The van der Waals surface area contributed by atoms with E-state index in [1.165, 1.54) is 0 Å². The number of hydrogen-bond acceptors (Lipinski definition) is 2. The van der Waals surface area contributed by atoms with E-state index in [1.54, 1.807) is 25.1 Å². The molecule has 3 heteroatoms. The van der Waals surface area contributed by atoms with Gasteiger partial charge < -0.3 is 9.84 Å². The maximum absolute atomic E-state index is 10.9. The van der Waals surface area contributed by atoms with Crippen molar-refractivity contribution in [3.8, 4) is 17.6 Å². The van der Waals surface area contributed by atoms with Crippen molar-refractivity contribution in [2.24, 2.45) is 0 Å². The topological polar surface area (TPSA) is 46.5 Å². The average Bonchev–Trinajstić information content (AvgIpc) is 2.43. The zero-order valence-corrected chi connectivity index (χ0v) is 12.1. The summed E-state index contributed by atoms with van der Waals surface area (Å²) in [7, 11) is 0. The van der Waals surface area contributed by atoms with E-state index in [0.717, 1.165) is 19.3 Å². The van der Waals surface area contributed by atoms with E-state index in [4.69, 9.17) is 11.2 Å². The summed E-state index contributed by atoms with van der Waals surface area (Å²) in [5.74, 6) is 4.88. The third-order valence-electron chi connectivity index (χ3n) is 2.90. The highest BCUT2D eigenvalue weighted by atomic mass is 16.5. The van der Waals surface area contributed by atoms with Crippen molar-refractivity contribution in [2.75, 3.05) is 6.61 Å². The number of carboxylic acid groups (broad SMARTS) is 1. The van der Waals surface area contributed by atoms with E-state index >= 15 is 0 Å². The van der Waals surface area contributed by atoms with Crippen LogP contribution in [-0.4, -0.2) is 17.7 Å². The Morgan fingerprint density at radius 3 is 2.85 bits per heavy atom. The summed E-state index contributed by atoms with van der Waals surface area (Å²) in [4.78, 5) is 10.9. The lowest BCUT2D eigenvalue weighted by atomic mass is 9.96. The maximum Gasteiger partial charge on any atom is 0.304 e. The number of unbranched alkanes of at least 4 members (excludes halogenated alkanes) is 2. The molecule has 0 aliphatic heterocycles. The molecule has 1 N–H and O–H groups in total. The van der Waals surface area contributed by atoms with Crippen molar-refractivity contribution in [3.63, 3.8) is 0 Å². The van der Waals surface area contributed by atoms with Gasteiger partial charge in [-0.2, -0.15) is 0 Å². The molecule has 0 radical (unpaired) electrons. The minimum Gasteiger partial charge on any atom is -0.494 e. The molecule has 1 aromatic carbocycles. The Hall–Kier alpha value is -1.95. The van der Waals surface area contributed by atoms with Crippen molar-refractivity contribution >= 4 is 5.97 Å². The number of carbonyl (C=O) groups is 1. The molecule has 0 fully saturated rings. The Labute approximate surface area is 122 Å². The average molecular weight is 275 g/mol. The number of carboxylic acids is 1. The lowest BCUT2D eigenvalue weighted by molar-refractivity contribution is -0.137. The SMILES string of the molecule is [2H]c1cc(OCCCCC)ccc1C(C#CC)CC(=O)O. The van der Waals surface area contributed by atoms with Crippen molar-refractivity contribution in [3.05, 3.63) is 29.8 Å². The third-order valence-corrected chi connectivity index (χ3v) is 2.90. The van der Waals surface area contributed by atoms with Gasteiger partial charge in [-0.05, 0) is 31.0 Å². The number of rotatable bonds is 8. The first-order chi connectivity index (χ1) is 10.1. The van der Waals surface area contributed by atoms with Gasteiger partial charge >= 0.3 is 5.97 Å². The first-order valence-electron chi connectivity index (χ1n) is 7.45. The van der Waals surface area contributed by atoms with Gasteiger partial charge in [0.1, 0.15) is 5.75 Å². The Morgan fingerprint density at radius 2 is 2.25 bits per heavy atom. The molecule has 0 heterocycles. The van der Waals surface area contributed by atoms with Crippen LogP contribution in [0.4, 0.5) is 0 Å². The van der Waals surface area contributed by atoms with Crippen LogP contribution in [0.3, 0.4) is 0 Å². The molecule has 0 aliphatic rings. The van der Waals surface area contributed by atoms with Gasteiger partial charge in [0.05, 0.1) is 20.3 Å². The summed E-state index contributed by atoms with van der Waals surface area (Å²) in [6, 6.07) is 5.44. The molecule has 0 aliphatic carbocycles. The Bertz CT molecular complexity index is 529. The van der Waals surface area contributed by atoms with Gasteiger partial charge in [0.25, 0.3) is 0 Å². The Balaban J connectivity index is 2.79. The predicted octanol–water partition coefficient (Wildman–Crippen LogP) is 3.84. The van der Waals surface area contributed by atoms with Crippen LogP contribution >= 0.6 is 0 Å². The Kier molecular flexibility index (Phi) is 6.53. The number of hydrogen-bond donors (Lipinski definition) is 1. The summed E-state index contributed by atoms with van der Waals surface area (Å²) in [6.07, 6.45) is 3.16. The summed E-state index contributed by atoms with van der Waals surface area (Å²) in [5.41, 5.74) is 0.632. The van der Waals surface area contributed by atoms with Crippen LogP contribution < -0.4 is 4.74 Å². The van der Waals surface area contributed by atoms with Gasteiger partial charge in [0.15, 0.2) is 0 Å². The molecule has 1 rings (SSSR count). The van der Waals surface area contributed by atoms with Gasteiger partial charge in [0.2, 0.25) is 0 Å². The fourth-order valence-electron chi connectivity index (χ4n) is 1.86. The number of benzene rings is 1. The Morgan fingerprint density at radius 1 is 1.45 bits per heavy atom. The molecule has 0 spiro atoms. The number of ether oxygens (including phenoxy) is 1. The summed E-state index contributed by atoms with van der Waals surface area (Å²) >= 11 is 0. The zero-order chi connectivity index (χ0) is 15.7. The normalized spacial score (nSPS) is 12.0. The van der Waals surface area contributed by atoms with E-state index in [0.29, 0.717) is 17.9 Å². The smallest absolute Gasteiger partial charge is 0.304 e. The molecule has 20 heavy (non-hydrogen) atoms. The molecular formula is C17H22O3. The van der Waals surface area contributed by atoms with Crippen LogP contribution in [0.1, 0.15) is 52.4 Å². The van der Waals surface area contributed by atoms with Crippen molar-refractivity contribution in [1.82, 2.24) is 0 Å². The first kappa shape index (κ1) is 14.5. The van der Waals surface area contributed by atoms with Gasteiger partial charge in [0, 0.05) is 0 Å². The van der Waals surface area contributed by atoms with Crippen LogP contribution in [0.15, 0.2) is 24.2 Å². The highest BCUT2D eigenvalue weighted by molar-refractivity contribution is 5.69. The second-order valence-electron chi connectivity index (χ2n) is 4.58. The molecule has 0 amide bonds. The van der Waals surface area contributed by atoms with Gasteiger partial charge in [-0.1, -0.05) is 37.8 Å².